The molecule has 1 unspecified atom stereocenters. The predicted octanol–water partition coefficient (Wildman–Crippen LogP) is 2.49. The molecule has 0 bridgehead atoms. The summed E-state index contributed by atoms with van der Waals surface area (Å²) < 4.78 is 27.6. The van der Waals surface area contributed by atoms with Crippen LogP contribution in [0.4, 0.5) is 0 Å². The molecule has 1 atom stereocenters. The highest BCUT2D eigenvalue weighted by atomic mass is 32.2. The molecule has 112 valence electrons. The number of aryl methyl sites for hydroxylation is 1. The van der Waals surface area contributed by atoms with Gasteiger partial charge in [0.1, 0.15) is 0 Å². The first-order valence-electron chi connectivity index (χ1n) is 6.81. The van der Waals surface area contributed by atoms with Gasteiger partial charge in [0.25, 0.3) is 0 Å². The molecule has 0 aliphatic heterocycles. The summed E-state index contributed by atoms with van der Waals surface area (Å²) in [5.74, 6) is 0. The molecule has 4 nitrogen and oxygen atoms in total. The molecule has 0 amide bonds. The van der Waals surface area contributed by atoms with Crippen LogP contribution in [0, 0.1) is 6.92 Å². The van der Waals surface area contributed by atoms with Crippen LogP contribution in [0.5, 0.6) is 0 Å². The summed E-state index contributed by atoms with van der Waals surface area (Å²) in [5, 5.41) is 0. The van der Waals surface area contributed by atoms with Gasteiger partial charge in [0.2, 0.25) is 10.0 Å². The molecule has 3 N–H and O–H groups in total. The van der Waals surface area contributed by atoms with Crippen molar-refractivity contribution in [3.8, 4) is 0 Å². The van der Waals surface area contributed by atoms with Gasteiger partial charge in [-0.1, -0.05) is 36.4 Å². The maximum atomic E-state index is 12.4. The fraction of sp³-hybridized carbons (Fsp3) is 0.250. The number of nitrogens with one attached hydrogen (secondary N) is 1. The second-order valence-corrected chi connectivity index (χ2v) is 6.76. The number of benzene rings is 2. The van der Waals surface area contributed by atoms with Crippen molar-refractivity contribution in [1.29, 1.82) is 0 Å². The number of rotatable bonds is 5. The summed E-state index contributed by atoms with van der Waals surface area (Å²) in [6, 6.07) is 14.2. The highest BCUT2D eigenvalue weighted by Crippen LogP contribution is 2.19. The zero-order valence-electron chi connectivity index (χ0n) is 12.2. The van der Waals surface area contributed by atoms with Crippen LogP contribution in [0.1, 0.15) is 29.7 Å². The number of sulfonamides is 1. The Hall–Kier alpha value is -1.69. The van der Waals surface area contributed by atoms with E-state index in [1.54, 1.807) is 18.2 Å². The summed E-state index contributed by atoms with van der Waals surface area (Å²) in [5.41, 5.74) is 8.39. The van der Waals surface area contributed by atoms with Gasteiger partial charge in [-0.15, -0.1) is 0 Å². The minimum absolute atomic E-state index is 0.247. The van der Waals surface area contributed by atoms with Crippen LogP contribution in [-0.4, -0.2) is 8.42 Å². The average molecular weight is 304 g/mol. The maximum Gasteiger partial charge on any atom is 0.241 e. The molecule has 5 heteroatoms. The fourth-order valence-corrected chi connectivity index (χ4v) is 3.43. The van der Waals surface area contributed by atoms with Crippen molar-refractivity contribution in [1.82, 2.24) is 4.72 Å². The average Bonchev–Trinajstić information content (AvgIpc) is 2.48. The molecule has 0 fully saturated rings. The predicted molar refractivity (Wildman–Crippen MR) is 84.2 cm³/mol. The minimum atomic E-state index is -3.56. The van der Waals surface area contributed by atoms with E-state index < -0.39 is 10.0 Å². The monoisotopic (exact) mass is 304 g/mol. The Labute approximate surface area is 126 Å². The molecule has 2 aromatic carbocycles. The van der Waals surface area contributed by atoms with E-state index in [9.17, 15) is 8.42 Å². The van der Waals surface area contributed by atoms with Gasteiger partial charge in [-0.05, 0) is 42.7 Å². The minimum Gasteiger partial charge on any atom is -0.326 e. The molecule has 21 heavy (non-hydrogen) atoms. The summed E-state index contributed by atoms with van der Waals surface area (Å²) in [6.45, 7) is 4.06. The normalized spacial score (nSPS) is 13.1. The van der Waals surface area contributed by atoms with E-state index in [-0.39, 0.29) is 10.9 Å². The van der Waals surface area contributed by atoms with Crippen LogP contribution in [-0.2, 0) is 16.6 Å². The lowest BCUT2D eigenvalue weighted by atomic mass is 10.1. The first-order chi connectivity index (χ1) is 9.94. The second-order valence-electron chi connectivity index (χ2n) is 5.05. The zero-order valence-corrected chi connectivity index (χ0v) is 13.0. The fourth-order valence-electron chi connectivity index (χ4n) is 2.15. The van der Waals surface area contributed by atoms with E-state index in [0.717, 1.165) is 16.7 Å². The molecule has 2 aromatic rings. The maximum absolute atomic E-state index is 12.4. The van der Waals surface area contributed by atoms with Crippen molar-refractivity contribution in [2.45, 2.75) is 31.3 Å². The van der Waals surface area contributed by atoms with E-state index >= 15 is 0 Å². The Bertz CT molecular complexity index is 712. The third-order valence-electron chi connectivity index (χ3n) is 3.48. The Morgan fingerprint density at radius 1 is 1.14 bits per heavy atom. The van der Waals surface area contributed by atoms with Crippen molar-refractivity contribution in [2.24, 2.45) is 5.73 Å². The number of hydrogen-bond donors (Lipinski definition) is 2. The topological polar surface area (TPSA) is 72.2 Å². The van der Waals surface area contributed by atoms with Gasteiger partial charge in [0.15, 0.2) is 0 Å². The highest BCUT2D eigenvalue weighted by molar-refractivity contribution is 7.89. The molecule has 0 aromatic heterocycles. The third-order valence-corrected chi connectivity index (χ3v) is 5.02. The van der Waals surface area contributed by atoms with Crippen molar-refractivity contribution in [2.75, 3.05) is 0 Å². The molecule has 0 heterocycles. The summed E-state index contributed by atoms with van der Waals surface area (Å²) >= 11 is 0. The van der Waals surface area contributed by atoms with E-state index in [2.05, 4.69) is 4.72 Å². The summed E-state index contributed by atoms with van der Waals surface area (Å²) in [7, 11) is -3.56. The number of nitrogens with two attached hydrogens (primary N) is 1. The van der Waals surface area contributed by atoms with Crippen molar-refractivity contribution >= 4 is 10.0 Å². The smallest absolute Gasteiger partial charge is 0.241 e. The van der Waals surface area contributed by atoms with Crippen LogP contribution < -0.4 is 10.5 Å². The first kappa shape index (κ1) is 15.7. The van der Waals surface area contributed by atoms with Crippen LogP contribution in [0.2, 0.25) is 0 Å². The lowest BCUT2D eigenvalue weighted by Gasteiger charge is -2.15. The Balaban J connectivity index is 2.26. The lowest BCUT2D eigenvalue weighted by molar-refractivity contribution is 0.567. The number of hydrogen-bond acceptors (Lipinski definition) is 3. The van der Waals surface area contributed by atoms with Gasteiger partial charge in [-0.2, -0.15) is 0 Å². The van der Waals surface area contributed by atoms with E-state index in [4.69, 9.17) is 5.73 Å². The van der Waals surface area contributed by atoms with Gasteiger partial charge in [-0.3, -0.25) is 0 Å². The van der Waals surface area contributed by atoms with Crippen molar-refractivity contribution in [3.63, 3.8) is 0 Å². The first-order valence-corrected chi connectivity index (χ1v) is 8.29. The van der Waals surface area contributed by atoms with Crippen LogP contribution >= 0.6 is 0 Å². The quantitative estimate of drug-likeness (QED) is 0.891. The molecule has 0 radical (unpaired) electrons. The van der Waals surface area contributed by atoms with Crippen LogP contribution in [0.25, 0.3) is 0 Å². The van der Waals surface area contributed by atoms with Gasteiger partial charge in [-0.25, -0.2) is 13.1 Å². The second kappa shape index (κ2) is 6.39. The highest BCUT2D eigenvalue weighted by Gasteiger charge is 2.18. The van der Waals surface area contributed by atoms with E-state index in [1.165, 1.54) is 0 Å². The third kappa shape index (κ3) is 3.69. The van der Waals surface area contributed by atoms with E-state index in [1.807, 2.05) is 44.2 Å². The van der Waals surface area contributed by atoms with E-state index in [0.29, 0.717) is 6.54 Å². The standard InChI is InChI=1S/C16H20N2O2S/c1-12-8-9-16(10-15(12)11-17)21(19,20)18-13(2)14-6-4-3-5-7-14/h3-10,13,18H,11,17H2,1-2H3. The summed E-state index contributed by atoms with van der Waals surface area (Å²) in [6.07, 6.45) is 0. The SMILES string of the molecule is Cc1ccc(S(=O)(=O)NC(C)c2ccccc2)cc1CN. The Morgan fingerprint density at radius 2 is 1.81 bits per heavy atom. The zero-order chi connectivity index (χ0) is 15.5. The Kier molecular flexibility index (Phi) is 4.77. The van der Waals surface area contributed by atoms with Gasteiger partial charge >= 0.3 is 0 Å². The molecule has 2 rings (SSSR count). The van der Waals surface area contributed by atoms with Crippen molar-refractivity contribution < 1.29 is 8.42 Å². The molecule has 0 saturated carbocycles. The molecule has 0 aliphatic rings. The van der Waals surface area contributed by atoms with Gasteiger partial charge in [0, 0.05) is 12.6 Å². The molecule has 0 spiro atoms. The van der Waals surface area contributed by atoms with Crippen LogP contribution in [0.15, 0.2) is 53.4 Å². The molecular formula is C16H20N2O2S. The molecule has 0 saturated heterocycles. The largest absolute Gasteiger partial charge is 0.326 e. The van der Waals surface area contributed by atoms with Crippen LogP contribution in [0.3, 0.4) is 0 Å². The molecule has 0 aliphatic carbocycles. The van der Waals surface area contributed by atoms with Gasteiger partial charge < -0.3 is 5.73 Å². The Morgan fingerprint density at radius 3 is 2.43 bits per heavy atom. The van der Waals surface area contributed by atoms with Crippen molar-refractivity contribution in [3.05, 3.63) is 65.2 Å². The lowest BCUT2D eigenvalue weighted by Crippen LogP contribution is -2.27. The summed E-state index contributed by atoms with van der Waals surface area (Å²) in [4.78, 5) is 0.247. The molecular weight excluding hydrogens is 284 g/mol. The van der Waals surface area contributed by atoms with Gasteiger partial charge in [0.05, 0.1) is 4.90 Å².